The molecule has 0 amide bonds. The number of methoxy groups -OCH3 is 1. The van der Waals surface area contributed by atoms with Crippen LogP contribution in [0.4, 0.5) is 0 Å². The Balaban J connectivity index is 1.48. The van der Waals surface area contributed by atoms with Gasteiger partial charge in [0.05, 0.1) is 27.4 Å². The summed E-state index contributed by atoms with van der Waals surface area (Å²) in [4.78, 5) is 31.8. The van der Waals surface area contributed by atoms with Gasteiger partial charge in [-0.25, -0.2) is 4.98 Å². The van der Waals surface area contributed by atoms with Crippen LogP contribution < -0.4 is 4.74 Å². The van der Waals surface area contributed by atoms with E-state index in [1.165, 1.54) is 23.5 Å². The highest BCUT2D eigenvalue weighted by atomic mass is 35.5. The molecule has 1 aliphatic carbocycles. The highest BCUT2D eigenvalue weighted by Crippen LogP contribution is 2.38. The molecular weight excluding hydrogens is 461 g/mol. The van der Waals surface area contributed by atoms with E-state index in [-0.39, 0.29) is 27.2 Å². The number of halogens is 2. The Morgan fingerprint density at radius 3 is 2.13 bits per heavy atom. The van der Waals surface area contributed by atoms with Crippen LogP contribution in [0.1, 0.15) is 25.6 Å². The van der Waals surface area contributed by atoms with Crippen molar-refractivity contribution in [1.82, 2.24) is 4.98 Å². The number of allylic oxidation sites excluding steroid dienone is 1. The highest BCUT2D eigenvalue weighted by molar-refractivity contribution is 7.29. The van der Waals surface area contributed by atoms with Crippen molar-refractivity contribution >= 4 is 73.0 Å². The van der Waals surface area contributed by atoms with Crippen LogP contribution in [0.5, 0.6) is 5.75 Å². The molecule has 2 heterocycles. The van der Waals surface area contributed by atoms with Crippen LogP contribution in [0.15, 0.2) is 48.0 Å². The maximum atomic E-state index is 12.7. The summed E-state index contributed by atoms with van der Waals surface area (Å²) in [6.45, 7) is 0. The van der Waals surface area contributed by atoms with E-state index in [1.807, 2.05) is 30.3 Å². The topological polar surface area (TPSA) is 56.3 Å². The minimum absolute atomic E-state index is 0.118. The van der Waals surface area contributed by atoms with Gasteiger partial charge in [-0.3, -0.25) is 9.59 Å². The third-order valence-electron chi connectivity index (χ3n) is 4.77. The Bertz CT molecular complexity index is 1310. The first kappa shape index (κ1) is 19.5. The molecule has 0 radical (unpaired) electrons. The van der Waals surface area contributed by atoms with Crippen LogP contribution in [-0.2, 0) is 0 Å². The zero-order valence-corrected chi connectivity index (χ0v) is 18.5. The van der Waals surface area contributed by atoms with Gasteiger partial charge in [-0.1, -0.05) is 23.2 Å². The van der Waals surface area contributed by atoms with Crippen molar-refractivity contribution in [2.75, 3.05) is 7.11 Å². The van der Waals surface area contributed by atoms with Gasteiger partial charge in [0.1, 0.15) is 15.6 Å². The van der Waals surface area contributed by atoms with Crippen molar-refractivity contribution in [2.24, 2.45) is 0 Å². The number of thiophene rings is 1. The first-order valence-corrected chi connectivity index (χ1v) is 11.2. The van der Waals surface area contributed by atoms with E-state index < -0.39 is 0 Å². The van der Waals surface area contributed by atoms with Crippen LogP contribution in [0.2, 0.25) is 10.0 Å². The van der Waals surface area contributed by atoms with Crippen molar-refractivity contribution in [3.63, 3.8) is 0 Å². The molecule has 0 atom stereocenters. The normalized spacial score (nSPS) is 13.2. The molecule has 8 heteroatoms. The van der Waals surface area contributed by atoms with Crippen molar-refractivity contribution in [1.29, 1.82) is 0 Å². The summed E-state index contributed by atoms with van der Waals surface area (Å²) in [5.41, 5.74) is 1.71. The van der Waals surface area contributed by atoms with Gasteiger partial charge in [-0.15, -0.1) is 22.7 Å². The van der Waals surface area contributed by atoms with Crippen molar-refractivity contribution < 1.29 is 14.3 Å². The molecule has 0 unspecified atom stereocenters. The molecule has 30 heavy (non-hydrogen) atoms. The number of ketones is 2. The fourth-order valence-corrected chi connectivity index (χ4v) is 5.77. The number of thiazole rings is 1. The van der Waals surface area contributed by atoms with Gasteiger partial charge < -0.3 is 4.74 Å². The predicted octanol–water partition coefficient (Wildman–Crippen LogP) is 6.80. The average Bonchev–Trinajstić information content (AvgIpc) is 3.37. The number of fused-ring (bicyclic) bond motifs is 2. The van der Waals surface area contributed by atoms with Gasteiger partial charge in [0.25, 0.3) is 0 Å². The number of benzene rings is 2. The minimum Gasteiger partial charge on any atom is -0.497 e. The molecule has 148 valence electrons. The third kappa shape index (κ3) is 3.17. The number of carbonyl (C=O) groups is 2. The lowest BCUT2D eigenvalue weighted by Gasteiger charge is -1.99. The third-order valence-corrected chi connectivity index (χ3v) is 7.65. The van der Waals surface area contributed by atoms with E-state index in [2.05, 4.69) is 0 Å². The quantitative estimate of drug-likeness (QED) is 0.243. The maximum Gasteiger partial charge on any atom is 0.197 e. The van der Waals surface area contributed by atoms with Gasteiger partial charge >= 0.3 is 0 Å². The Morgan fingerprint density at radius 2 is 1.57 bits per heavy atom. The molecule has 5 rings (SSSR count). The number of hydrogen-bond acceptors (Lipinski definition) is 6. The Morgan fingerprint density at radius 1 is 0.933 bits per heavy atom. The summed E-state index contributed by atoms with van der Waals surface area (Å²) in [6, 6.07) is 12.6. The van der Waals surface area contributed by atoms with E-state index in [0.717, 1.165) is 30.7 Å². The summed E-state index contributed by atoms with van der Waals surface area (Å²) in [6.07, 6.45) is 1.62. The van der Waals surface area contributed by atoms with Crippen molar-refractivity contribution in [2.45, 2.75) is 0 Å². The van der Waals surface area contributed by atoms with Crippen LogP contribution in [0, 0.1) is 0 Å². The lowest BCUT2D eigenvalue weighted by molar-refractivity contribution is 0.0990. The molecule has 0 saturated carbocycles. The Labute approximate surface area is 189 Å². The van der Waals surface area contributed by atoms with Crippen molar-refractivity contribution in [3.8, 4) is 16.3 Å². The number of rotatable bonds is 3. The molecule has 2 aromatic heterocycles. The van der Waals surface area contributed by atoms with E-state index in [0.29, 0.717) is 11.1 Å². The van der Waals surface area contributed by atoms with E-state index in [4.69, 9.17) is 32.9 Å². The molecule has 1 aliphatic rings. The second kappa shape index (κ2) is 7.32. The van der Waals surface area contributed by atoms with Crippen LogP contribution in [0.3, 0.4) is 0 Å². The summed E-state index contributed by atoms with van der Waals surface area (Å²) in [7, 11) is 1.63. The minimum atomic E-state index is -0.336. The van der Waals surface area contributed by atoms with Crippen molar-refractivity contribution in [3.05, 3.63) is 74.1 Å². The SMILES string of the molecule is COc1ccc(-c2nc3sc(C=C4C(=O)c5cc(Cl)c(Cl)cc5C4=O)cc3s2)cc1. The van der Waals surface area contributed by atoms with Gasteiger partial charge in [-0.2, -0.15) is 0 Å². The lowest BCUT2D eigenvalue weighted by Crippen LogP contribution is -1.99. The Hall–Kier alpha value is -2.51. The molecular formula is C22H11Cl2NO3S2. The zero-order valence-electron chi connectivity index (χ0n) is 15.4. The molecule has 0 spiro atoms. The molecule has 2 aromatic carbocycles. The first-order valence-electron chi connectivity index (χ1n) is 8.79. The number of ether oxygens (including phenoxy) is 1. The number of Topliss-reactive ketones (excluding diaryl/α,β-unsaturated/α-hetero) is 2. The van der Waals surface area contributed by atoms with Crippen LogP contribution in [0.25, 0.3) is 26.2 Å². The summed E-state index contributed by atoms with van der Waals surface area (Å²) >= 11 is 15.0. The molecule has 0 bridgehead atoms. The predicted molar refractivity (Wildman–Crippen MR) is 123 cm³/mol. The standard InChI is InChI=1S/C22H11Cl2NO3S2/c1-28-11-4-2-10(3-5-11)21-25-22-18(30-21)7-12(29-22)6-15-19(26)13-8-16(23)17(24)9-14(13)20(15)27/h2-9H,1H3. The monoisotopic (exact) mass is 471 g/mol. The van der Waals surface area contributed by atoms with Gasteiger partial charge in [0.2, 0.25) is 0 Å². The second-order valence-corrected chi connectivity index (χ2v) is 9.50. The smallest absolute Gasteiger partial charge is 0.197 e. The fraction of sp³-hybridized carbons (Fsp3) is 0.0455. The van der Waals surface area contributed by atoms with Gasteiger partial charge in [0.15, 0.2) is 11.6 Å². The van der Waals surface area contributed by atoms with Gasteiger partial charge in [0, 0.05) is 21.6 Å². The molecule has 4 aromatic rings. The number of hydrogen-bond donors (Lipinski definition) is 0. The van der Waals surface area contributed by atoms with E-state index in [1.54, 1.807) is 24.5 Å². The van der Waals surface area contributed by atoms with Crippen LogP contribution in [-0.4, -0.2) is 23.7 Å². The van der Waals surface area contributed by atoms with Gasteiger partial charge in [-0.05, 0) is 48.5 Å². The number of carbonyl (C=O) groups excluding carboxylic acids is 2. The number of nitrogens with zero attached hydrogens (tertiary/aromatic N) is 1. The number of aromatic nitrogens is 1. The largest absolute Gasteiger partial charge is 0.497 e. The zero-order chi connectivity index (χ0) is 21.0. The average molecular weight is 472 g/mol. The lowest BCUT2D eigenvalue weighted by atomic mass is 10.1. The molecule has 0 fully saturated rings. The maximum absolute atomic E-state index is 12.7. The molecule has 0 N–H and O–H groups in total. The summed E-state index contributed by atoms with van der Waals surface area (Å²) in [5, 5.41) is 1.41. The highest BCUT2D eigenvalue weighted by Gasteiger charge is 2.34. The summed E-state index contributed by atoms with van der Waals surface area (Å²) < 4.78 is 6.19. The van der Waals surface area contributed by atoms with E-state index in [9.17, 15) is 9.59 Å². The first-order chi connectivity index (χ1) is 14.4. The second-order valence-electron chi connectivity index (χ2n) is 6.59. The Kier molecular flexibility index (Phi) is 4.75. The van der Waals surface area contributed by atoms with Crippen LogP contribution >= 0.6 is 45.9 Å². The molecule has 0 aliphatic heterocycles. The summed E-state index contributed by atoms with van der Waals surface area (Å²) in [5.74, 6) is 0.120. The molecule has 4 nitrogen and oxygen atoms in total. The molecule has 0 saturated heterocycles. The van der Waals surface area contributed by atoms with E-state index >= 15 is 0 Å². The fourth-order valence-electron chi connectivity index (χ4n) is 3.27.